The highest BCUT2D eigenvalue weighted by molar-refractivity contribution is 7.18. The van der Waals surface area contributed by atoms with Crippen LogP contribution in [0.2, 0.25) is 0 Å². The summed E-state index contributed by atoms with van der Waals surface area (Å²) in [7, 11) is 0. The van der Waals surface area contributed by atoms with Crippen molar-refractivity contribution in [2.24, 2.45) is 0 Å². The molecule has 2 N–H and O–H groups in total. The third kappa shape index (κ3) is 1.82. The molecule has 0 aliphatic carbocycles. The Morgan fingerprint density at radius 2 is 2.22 bits per heavy atom. The van der Waals surface area contributed by atoms with Crippen molar-refractivity contribution in [1.29, 1.82) is 0 Å². The molecular weight excluding hydrogens is 244 g/mol. The number of aromatic nitrogens is 3. The molecule has 0 fully saturated rings. The van der Waals surface area contributed by atoms with Gasteiger partial charge in [0.05, 0.1) is 5.39 Å². The van der Waals surface area contributed by atoms with Crippen molar-refractivity contribution in [3.8, 4) is 11.4 Å². The second kappa shape index (κ2) is 4.34. The molecule has 0 bridgehead atoms. The van der Waals surface area contributed by atoms with E-state index in [-0.39, 0.29) is 0 Å². The molecule has 0 saturated heterocycles. The molecule has 0 spiro atoms. The van der Waals surface area contributed by atoms with Crippen LogP contribution in [0, 0.1) is 0 Å². The van der Waals surface area contributed by atoms with E-state index in [0.717, 1.165) is 22.2 Å². The molecule has 0 aliphatic rings. The first-order valence-corrected chi connectivity index (χ1v) is 6.56. The Kier molecular flexibility index (Phi) is 2.68. The van der Waals surface area contributed by atoms with Gasteiger partial charge in [-0.2, -0.15) is 0 Å². The largest absolute Gasteiger partial charge is 0.383 e. The van der Waals surface area contributed by atoms with Gasteiger partial charge in [0.1, 0.15) is 10.6 Å². The zero-order chi connectivity index (χ0) is 12.5. The summed E-state index contributed by atoms with van der Waals surface area (Å²) in [5, 5.41) is 0.949. The van der Waals surface area contributed by atoms with Crippen LogP contribution in [-0.4, -0.2) is 15.0 Å². The molecular formula is C13H12N4S. The number of anilines is 1. The maximum atomic E-state index is 6.00. The molecule has 5 heteroatoms. The maximum absolute atomic E-state index is 6.00. The highest BCUT2D eigenvalue weighted by atomic mass is 32.1. The number of pyridine rings is 1. The minimum atomic E-state index is 0.537. The van der Waals surface area contributed by atoms with Gasteiger partial charge in [-0.3, -0.25) is 4.98 Å². The zero-order valence-corrected chi connectivity index (χ0v) is 10.7. The topological polar surface area (TPSA) is 64.7 Å². The van der Waals surface area contributed by atoms with E-state index in [1.165, 1.54) is 4.88 Å². The fourth-order valence-electron chi connectivity index (χ4n) is 1.79. The molecule has 3 rings (SSSR count). The summed E-state index contributed by atoms with van der Waals surface area (Å²) in [6.45, 7) is 2.12. The minimum Gasteiger partial charge on any atom is -0.383 e. The molecule has 3 heterocycles. The molecule has 0 radical (unpaired) electrons. The van der Waals surface area contributed by atoms with Gasteiger partial charge in [-0.1, -0.05) is 6.92 Å². The number of nitrogen functional groups attached to an aromatic ring is 1. The summed E-state index contributed by atoms with van der Waals surface area (Å²) in [6.07, 6.45) is 4.46. The number of rotatable bonds is 2. The van der Waals surface area contributed by atoms with E-state index in [1.807, 2.05) is 12.1 Å². The monoisotopic (exact) mass is 256 g/mol. The number of hydrogen-bond donors (Lipinski definition) is 1. The predicted octanol–water partition coefficient (Wildman–Crippen LogP) is 2.90. The molecule has 90 valence electrons. The van der Waals surface area contributed by atoms with E-state index in [2.05, 4.69) is 27.9 Å². The van der Waals surface area contributed by atoms with Gasteiger partial charge >= 0.3 is 0 Å². The Morgan fingerprint density at radius 1 is 1.33 bits per heavy atom. The molecule has 0 aliphatic heterocycles. The lowest BCUT2D eigenvalue weighted by molar-refractivity contribution is 1.19. The van der Waals surface area contributed by atoms with Crippen LogP contribution in [0.5, 0.6) is 0 Å². The summed E-state index contributed by atoms with van der Waals surface area (Å²) in [6, 6.07) is 5.87. The van der Waals surface area contributed by atoms with Gasteiger partial charge in [0.15, 0.2) is 5.82 Å². The predicted molar refractivity (Wildman–Crippen MR) is 74.4 cm³/mol. The van der Waals surface area contributed by atoms with Gasteiger partial charge in [-0.25, -0.2) is 9.97 Å². The van der Waals surface area contributed by atoms with Crippen molar-refractivity contribution in [3.63, 3.8) is 0 Å². The lowest BCUT2D eigenvalue weighted by Crippen LogP contribution is -1.96. The Balaban J connectivity index is 2.21. The summed E-state index contributed by atoms with van der Waals surface area (Å²) >= 11 is 1.67. The smallest absolute Gasteiger partial charge is 0.164 e. The van der Waals surface area contributed by atoms with Crippen molar-refractivity contribution in [2.75, 3.05) is 5.73 Å². The number of aryl methyl sites for hydroxylation is 1. The molecule has 0 saturated carbocycles. The van der Waals surface area contributed by atoms with Crippen LogP contribution in [0.3, 0.4) is 0 Å². The van der Waals surface area contributed by atoms with Crippen LogP contribution in [0.15, 0.2) is 30.6 Å². The number of nitrogens with zero attached hydrogens (tertiary/aromatic N) is 3. The van der Waals surface area contributed by atoms with E-state index < -0.39 is 0 Å². The van der Waals surface area contributed by atoms with E-state index in [1.54, 1.807) is 23.7 Å². The highest BCUT2D eigenvalue weighted by Crippen LogP contribution is 2.29. The van der Waals surface area contributed by atoms with Gasteiger partial charge in [-0.05, 0) is 24.6 Å². The standard InChI is InChI=1S/C13H12N4S/c1-2-9-6-10-11(14)16-12(17-13(10)18-9)8-4-3-5-15-7-8/h3-7H,2H2,1H3,(H2,14,16,17). The average Bonchev–Trinajstić information content (AvgIpc) is 2.83. The van der Waals surface area contributed by atoms with Crippen LogP contribution < -0.4 is 5.73 Å². The third-order valence-electron chi connectivity index (χ3n) is 2.74. The third-order valence-corrected chi connectivity index (χ3v) is 3.91. The minimum absolute atomic E-state index is 0.537. The van der Waals surface area contributed by atoms with Gasteiger partial charge in [0.25, 0.3) is 0 Å². The fourth-order valence-corrected chi connectivity index (χ4v) is 2.77. The first-order chi connectivity index (χ1) is 8.78. The van der Waals surface area contributed by atoms with Crippen molar-refractivity contribution < 1.29 is 0 Å². The molecule has 3 aromatic heterocycles. The molecule has 0 amide bonds. The van der Waals surface area contributed by atoms with Crippen LogP contribution in [0.1, 0.15) is 11.8 Å². The average molecular weight is 256 g/mol. The zero-order valence-electron chi connectivity index (χ0n) is 9.92. The molecule has 18 heavy (non-hydrogen) atoms. The summed E-state index contributed by atoms with van der Waals surface area (Å²) in [4.78, 5) is 15.2. The van der Waals surface area contributed by atoms with Gasteiger partial charge < -0.3 is 5.73 Å². The van der Waals surface area contributed by atoms with Gasteiger partial charge in [-0.15, -0.1) is 11.3 Å². The first kappa shape index (κ1) is 11.1. The van der Waals surface area contributed by atoms with Crippen molar-refractivity contribution in [2.45, 2.75) is 13.3 Å². The van der Waals surface area contributed by atoms with E-state index >= 15 is 0 Å². The Bertz CT molecular complexity index is 691. The van der Waals surface area contributed by atoms with Crippen LogP contribution >= 0.6 is 11.3 Å². The van der Waals surface area contributed by atoms with Crippen LogP contribution in [0.25, 0.3) is 21.6 Å². The fraction of sp³-hybridized carbons (Fsp3) is 0.154. The molecule has 4 nitrogen and oxygen atoms in total. The summed E-state index contributed by atoms with van der Waals surface area (Å²) in [5.41, 5.74) is 6.88. The number of fused-ring (bicyclic) bond motifs is 1. The van der Waals surface area contributed by atoms with E-state index in [0.29, 0.717) is 11.6 Å². The molecule has 0 atom stereocenters. The van der Waals surface area contributed by atoms with Crippen molar-refractivity contribution >= 4 is 27.4 Å². The Morgan fingerprint density at radius 3 is 2.94 bits per heavy atom. The lowest BCUT2D eigenvalue weighted by atomic mass is 10.2. The molecule has 3 aromatic rings. The number of thiophene rings is 1. The molecule has 0 aromatic carbocycles. The van der Waals surface area contributed by atoms with Crippen LogP contribution in [0.4, 0.5) is 5.82 Å². The van der Waals surface area contributed by atoms with Crippen molar-refractivity contribution in [3.05, 3.63) is 35.5 Å². The second-order valence-electron chi connectivity index (χ2n) is 3.96. The quantitative estimate of drug-likeness (QED) is 0.765. The summed E-state index contributed by atoms with van der Waals surface area (Å²) < 4.78 is 0. The summed E-state index contributed by atoms with van der Waals surface area (Å²) in [5.74, 6) is 1.17. The van der Waals surface area contributed by atoms with Crippen molar-refractivity contribution in [1.82, 2.24) is 15.0 Å². The van der Waals surface area contributed by atoms with E-state index in [4.69, 9.17) is 5.73 Å². The SMILES string of the molecule is CCc1cc2c(N)nc(-c3cccnc3)nc2s1. The normalized spacial score (nSPS) is 10.9. The van der Waals surface area contributed by atoms with Crippen LogP contribution in [-0.2, 0) is 6.42 Å². The Labute approximate surface area is 109 Å². The highest BCUT2D eigenvalue weighted by Gasteiger charge is 2.10. The maximum Gasteiger partial charge on any atom is 0.164 e. The van der Waals surface area contributed by atoms with Gasteiger partial charge in [0, 0.05) is 22.8 Å². The Hall–Kier alpha value is -2.01. The van der Waals surface area contributed by atoms with E-state index in [9.17, 15) is 0 Å². The second-order valence-corrected chi connectivity index (χ2v) is 5.07. The van der Waals surface area contributed by atoms with Gasteiger partial charge in [0.2, 0.25) is 0 Å². The first-order valence-electron chi connectivity index (χ1n) is 5.74. The number of hydrogen-bond acceptors (Lipinski definition) is 5. The lowest BCUT2D eigenvalue weighted by Gasteiger charge is -2.01. The number of nitrogens with two attached hydrogens (primary N) is 1. The molecule has 0 unspecified atom stereocenters.